The molecule has 0 N–H and O–H groups in total. The Balaban J connectivity index is 2.06. The maximum atomic E-state index is 12.4. The fourth-order valence-corrected chi connectivity index (χ4v) is 2.48. The number of benzene rings is 1. The van der Waals surface area contributed by atoms with Crippen LogP contribution in [0.25, 0.3) is 0 Å². The Hall–Kier alpha value is -1.82. The van der Waals surface area contributed by atoms with Crippen LogP contribution >= 0.6 is 0 Å². The SMILES string of the molecule is CC(C)COc1ccc(C(C#N)C(=O)C2CC2(C)C)cc1. The highest BCUT2D eigenvalue weighted by Crippen LogP contribution is 2.53. The van der Waals surface area contributed by atoms with E-state index in [1.807, 2.05) is 24.3 Å². The van der Waals surface area contributed by atoms with Crippen LogP contribution in [0.4, 0.5) is 0 Å². The van der Waals surface area contributed by atoms with E-state index in [1.54, 1.807) is 0 Å². The van der Waals surface area contributed by atoms with E-state index in [9.17, 15) is 10.1 Å². The number of rotatable bonds is 6. The number of ketones is 1. The molecule has 0 aliphatic heterocycles. The number of carbonyl (C=O) groups excluding carboxylic acids is 1. The van der Waals surface area contributed by atoms with E-state index in [1.165, 1.54) is 0 Å². The number of hydrogen-bond donors (Lipinski definition) is 0. The summed E-state index contributed by atoms with van der Waals surface area (Å²) < 4.78 is 5.62. The molecule has 1 aliphatic rings. The van der Waals surface area contributed by atoms with Crippen molar-refractivity contribution in [3.05, 3.63) is 29.8 Å². The molecule has 0 saturated heterocycles. The molecule has 3 heteroatoms. The lowest BCUT2D eigenvalue weighted by atomic mass is 9.91. The first-order valence-electron chi connectivity index (χ1n) is 7.51. The summed E-state index contributed by atoms with van der Waals surface area (Å²) in [5.41, 5.74) is 0.828. The molecule has 0 aromatic heterocycles. The highest BCUT2D eigenvalue weighted by atomic mass is 16.5. The highest BCUT2D eigenvalue weighted by Gasteiger charge is 2.52. The second kappa shape index (κ2) is 5.89. The Morgan fingerprint density at radius 2 is 1.95 bits per heavy atom. The van der Waals surface area contributed by atoms with Crippen LogP contribution in [0.5, 0.6) is 5.75 Å². The lowest BCUT2D eigenvalue weighted by Crippen LogP contribution is -2.15. The van der Waals surface area contributed by atoms with E-state index in [0.29, 0.717) is 12.5 Å². The molecule has 0 radical (unpaired) electrons. The number of nitrogens with zero attached hydrogens (tertiary/aromatic N) is 1. The van der Waals surface area contributed by atoms with Crippen LogP contribution in [0.3, 0.4) is 0 Å². The standard InChI is InChI=1S/C18H23NO2/c1-12(2)11-21-14-7-5-13(6-8-14)15(10-19)17(20)16-9-18(16,3)4/h5-8,12,15-16H,9,11H2,1-4H3. The Bertz CT molecular complexity index is 552. The molecule has 0 spiro atoms. The van der Waals surface area contributed by atoms with E-state index in [2.05, 4.69) is 33.8 Å². The van der Waals surface area contributed by atoms with Crippen molar-refractivity contribution in [3.8, 4) is 11.8 Å². The number of nitriles is 1. The van der Waals surface area contributed by atoms with Gasteiger partial charge in [0.05, 0.1) is 12.7 Å². The van der Waals surface area contributed by atoms with Crippen LogP contribution < -0.4 is 4.74 Å². The minimum atomic E-state index is -0.657. The van der Waals surface area contributed by atoms with Gasteiger partial charge in [0.1, 0.15) is 11.7 Å². The smallest absolute Gasteiger partial charge is 0.158 e. The Morgan fingerprint density at radius 1 is 1.38 bits per heavy atom. The normalized spacial score (nSPS) is 20.7. The Morgan fingerprint density at radius 3 is 2.38 bits per heavy atom. The molecule has 0 amide bonds. The van der Waals surface area contributed by atoms with Crippen LogP contribution in [0, 0.1) is 28.6 Å². The quantitative estimate of drug-likeness (QED) is 0.795. The van der Waals surface area contributed by atoms with Gasteiger partial charge >= 0.3 is 0 Å². The van der Waals surface area contributed by atoms with Gasteiger partial charge in [-0.3, -0.25) is 4.79 Å². The molecule has 2 atom stereocenters. The van der Waals surface area contributed by atoms with Crippen LogP contribution in [0.1, 0.15) is 45.6 Å². The second-order valence-electron chi connectivity index (χ2n) is 6.98. The zero-order valence-corrected chi connectivity index (χ0v) is 13.2. The van der Waals surface area contributed by atoms with Gasteiger partial charge in [0.2, 0.25) is 0 Å². The average Bonchev–Trinajstić information content (AvgIpc) is 3.07. The van der Waals surface area contributed by atoms with E-state index >= 15 is 0 Å². The first kappa shape index (κ1) is 15.6. The van der Waals surface area contributed by atoms with Crippen molar-refractivity contribution < 1.29 is 9.53 Å². The summed E-state index contributed by atoms with van der Waals surface area (Å²) in [6, 6.07) is 9.50. The third-order valence-electron chi connectivity index (χ3n) is 4.07. The summed E-state index contributed by atoms with van der Waals surface area (Å²) in [5.74, 6) is 0.673. The van der Waals surface area contributed by atoms with Crippen LogP contribution in [-0.2, 0) is 4.79 Å². The van der Waals surface area contributed by atoms with Gasteiger partial charge in [0, 0.05) is 5.92 Å². The Kier molecular flexibility index (Phi) is 4.37. The third kappa shape index (κ3) is 3.64. The topological polar surface area (TPSA) is 50.1 Å². The monoisotopic (exact) mass is 285 g/mol. The van der Waals surface area contributed by atoms with Gasteiger partial charge < -0.3 is 4.74 Å². The number of ether oxygens (including phenoxy) is 1. The lowest BCUT2D eigenvalue weighted by Gasteiger charge is -2.12. The van der Waals surface area contributed by atoms with Gasteiger partial charge in [0.25, 0.3) is 0 Å². The van der Waals surface area contributed by atoms with Gasteiger partial charge in [-0.25, -0.2) is 0 Å². The molecule has 1 aromatic rings. The molecule has 0 bridgehead atoms. The van der Waals surface area contributed by atoms with Crippen molar-refractivity contribution in [2.24, 2.45) is 17.3 Å². The predicted octanol–water partition coefficient (Wildman–Crippen LogP) is 3.94. The first-order valence-corrected chi connectivity index (χ1v) is 7.51. The molecule has 1 saturated carbocycles. The van der Waals surface area contributed by atoms with Gasteiger partial charge in [-0.05, 0) is 35.4 Å². The molecule has 1 aliphatic carbocycles. The van der Waals surface area contributed by atoms with Gasteiger partial charge in [-0.15, -0.1) is 0 Å². The predicted molar refractivity (Wildman–Crippen MR) is 82.0 cm³/mol. The van der Waals surface area contributed by atoms with Crippen LogP contribution in [-0.4, -0.2) is 12.4 Å². The summed E-state index contributed by atoms with van der Waals surface area (Å²) >= 11 is 0. The minimum absolute atomic E-state index is 0.0269. The largest absolute Gasteiger partial charge is 0.493 e. The molecule has 1 aromatic carbocycles. The number of carbonyl (C=O) groups is 1. The maximum Gasteiger partial charge on any atom is 0.158 e. The van der Waals surface area contributed by atoms with Crippen LogP contribution in [0.15, 0.2) is 24.3 Å². The van der Waals surface area contributed by atoms with Crippen molar-refractivity contribution >= 4 is 5.78 Å². The van der Waals surface area contributed by atoms with Crippen molar-refractivity contribution in [1.82, 2.24) is 0 Å². The molecule has 21 heavy (non-hydrogen) atoms. The Labute approximate surface area is 126 Å². The molecule has 2 unspecified atom stereocenters. The zero-order valence-electron chi connectivity index (χ0n) is 13.2. The highest BCUT2D eigenvalue weighted by molar-refractivity contribution is 5.93. The number of Topliss-reactive ketones (excluding diaryl/α,β-unsaturated/α-hetero) is 1. The molecule has 112 valence electrons. The molecule has 2 rings (SSSR count). The van der Waals surface area contributed by atoms with Crippen molar-refractivity contribution in [2.45, 2.75) is 40.0 Å². The van der Waals surface area contributed by atoms with E-state index < -0.39 is 5.92 Å². The fourth-order valence-electron chi connectivity index (χ4n) is 2.48. The first-order chi connectivity index (χ1) is 9.85. The molecular weight excluding hydrogens is 262 g/mol. The summed E-state index contributed by atoms with van der Waals surface area (Å²) in [7, 11) is 0. The lowest BCUT2D eigenvalue weighted by molar-refractivity contribution is -0.121. The third-order valence-corrected chi connectivity index (χ3v) is 4.07. The molecule has 1 fully saturated rings. The number of hydrogen-bond acceptors (Lipinski definition) is 3. The zero-order chi connectivity index (χ0) is 15.6. The van der Waals surface area contributed by atoms with Gasteiger partial charge in [-0.1, -0.05) is 39.8 Å². The van der Waals surface area contributed by atoms with Crippen molar-refractivity contribution in [3.63, 3.8) is 0 Å². The summed E-state index contributed by atoms with van der Waals surface area (Å²) in [6.45, 7) is 9.00. The molecule has 0 heterocycles. The average molecular weight is 285 g/mol. The molecular formula is C18H23NO2. The maximum absolute atomic E-state index is 12.4. The molecule has 3 nitrogen and oxygen atoms in total. The van der Waals surface area contributed by atoms with E-state index in [-0.39, 0.29) is 17.1 Å². The van der Waals surface area contributed by atoms with Crippen molar-refractivity contribution in [2.75, 3.05) is 6.61 Å². The van der Waals surface area contributed by atoms with Crippen molar-refractivity contribution in [1.29, 1.82) is 5.26 Å². The fraction of sp³-hybridized carbons (Fsp3) is 0.556. The summed E-state index contributed by atoms with van der Waals surface area (Å²) in [6.07, 6.45) is 0.888. The van der Waals surface area contributed by atoms with E-state index in [0.717, 1.165) is 17.7 Å². The van der Waals surface area contributed by atoms with Crippen LogP contribution in [0.2, 0.25) is 0 Å². The van der Waals surface area contributed by atoms with E-state index in [4.69, 9.17) is 4.74 Å². The minimum Gasteiger partial charge on any atom is -0.493 e. The summed E-state index contributed by atoms with van der Waals surface area (Å²) in [5, 5.41) is 9.34. The second-order valence-corrected chi connectivity index (χ2v) is 6.98. The van der Waals surface area contributed by atoms with Gasteiger partial charge in [-0.2, -0.15) is 5.26 Å². The van der Waals surface area contributed by atoms with Gasteiger partial charge in [0.15, 0.2) is 5.78 Å². The summed E-state index contributed by atoms with van der Waals surface area (Å²) in [4.78, 5) is 12.4.